The van der Waals surface area contributed by atoms with Gasteiger partial charge in [0.15, 0.2) is 0 Å². The second-order valence-electron chi connectivity index (χ2n) is 5.34. The summed E-state index contributed by atoms with van der Waals surface area (Å²) in [5.41, 5.74) is 0. The van der Waals surface area contributed by atoms with E-state index < -0.39 is 0 Å². The molecule has 104 valence electrons. The highest BCUT2D eigenvalue weighted by atomic mass is 16.5. The summed E-state index contributed by atoms with van der Waals surface area (Å²) in [5.74, 6) is 0.410. The molecule has 4 heteroatoms. The molecule has 18 heavy (non-hydrogen) atoms. The Balaban J connectivity index is 1.99. The molecule has 2 rings (SSSR count). The van der Waals surface area contributed by atoms with Crippen LogP contribution < -0.4 is 5.32 Å². The quantitative estimate of drug-likeness (QED) is 0.824. The fourth-order valence-electron chi connectivity index (χ4n) is 3.24. The molecule has 2 fully saturated rings. The van der Waals surface area contributed by atoms with Gasteiger partial charge < -0.3 is 15.0 Å². The number of amides is 1. The van der Waals surface area contributed by atoms with E-state index in [9.17, 15) is 4.79 Å². The highest BCUT2D eigenvalue weighted by molar-refractivity contribution is 5.80. The average molecular weight is 254 g/mol. The van der Waals surface area contributed by atoms with Crippen molar-refractivity contribution in [2.75, 3.05) is 26.2 Å². The van der Waals surface area contributed by atoms with Gasteiger partial charge in [0.05, 0.1) is 12.0 Å². The smallest absolute Gasteiger partial charge is 0.228 e. The molecule has 2 aliphatic heterocycles. The lowest BCUT2D eigenvalue weighted by Gasteiger charge is -2.36. The van der Waals surface area contributed by atoms with Gasteiger partial charge in [-0.05, 0) is 39.2 Å². The fourth-order valence-corrected chi connectivity index (χ4v) is 3.24. The standard InChI is InChI=1S/C14H26N2O2/c1-3-13-12(7-9-18-13)14(17)16(4-2)11-6-5-8-15-10-11/h11-13,15H,3-10H2,1-2H3. The molecular weight excluding hydrogens is 228 g/mol. The Kier molecular flexibility index (Phi) is 5.01. The van der Waals surface area contributed by atoms with Crippen LogP contribution in [0.25, 0.3) is 0 Å². The molecule has 0 saturated carbocycles. The van der Waals surface area contributed by atoms with Crippen LogP contribution in [0, 0.1) is 5.92 Å². The maximum Gasteiger partial charge on any atom is 0.228 e. The minimum atomic E-state index is 0.0943. The number of nitrogens with zero attached hydrogens (tertiary/aromatic N) is 1. The van der Waals surface area contributed by atoms with Crippen LogP contribution in [0.3, 0.4) is 0 Å². The summed E-state index contributed by atoms with van der Waals surface area (Å²) in [4.78, 5) is 14.7. The van der Waals surface area contributed by atoms with Crippen molar-refractivity contribution in [2.45, 2.75) is 51.7 Å². The zero-order chi connectivity index (χ0) is 13.0. The van der Waals surface area contributed by atoms with Crippen molar-refractivity contribution in [3.8, 4) is 0 Å². The highest BCUT2D eigenvalue weighted by Gasteiger charge is 2.37. The van der Waals surface area contributed by atoms with Gasteiger partial charge in [-0.15, -0.1) is 0 Å². The highest BCUT2D eigenvalue weighted by Crippen LogP contribution is 2.26. The number of carbonyl (C=O) groups excluding carboxylic acids is 1. The van der Waals surface area contributed by atoms with Crippen molar-refractivity contribution in [3.05, 3.63) is 0 Å². The first-order valence-corrected chi connectivity index (χ1v) is 7.40. The van der Waals surface area contributed by atoms with Gasteiger partial charge >= 0.3 is 0 Å². The predicted molar refractivity (Wildman–Crippen MR) is 71.4 cm³/mol. The van der Waals surface area contributed by atoms with Crippen LogP contribution in [-0.2, 0) is 9.53 Å². The number of ether oxygens (including phenoxy) is 1. The van der Waals surface area contributed by atoms with Crippen molar-refractivity contribution >= 4 is 5.91 Å². The zero-order valence-electron chi connectivity index (χ0n) is 11.7. The summed E-state index contributed by atoms with van der Waals surface area (Å²) < 4.78 is 5.65. The molecule has 1 amide bonds. The summed E-state index contributed by atoms with van der Waals surface area (Å²) in [7, 11) is 0. The summed E-state index contributed by atoms with van der Waals surface area (Å²) >= 11 is 0. The topological polar surface area (TPSA) is 41.6 Å². The van der Waals surface area contributed by atoms with Gasteiger partial charge in [-0.25, -0.2) is 0 Å². The molecule has 0 aromatic heterocycles. The Morgan fingerprint density at radius 2 is 2.22 bits per heavy atom. The largest absolute Gasteiger partial charge is 0.377 e. The predicted octanol–water partition coefficient (Wildman–Crippen LogP) is 1.40. The maximum absolute atomic E-state index is 12.7. The maximum atomic E-state index is 12.7. The van der Waals surface area contributed by atoms with E-state index in [1.165, 1.54) is 6.42 Å². The number of likely N-dealkylation sites (N-methyl/N-ethyl adjacent to an activating group) is 1. The van der Waals surface area contributed by atoms with Crippen molar-refractivity contribution in [1.82, 2.24) is 10.2 Å². The number of carbonyl (C=O) groups is 1. The van der Waals surface area contributed by atoms with Crippen LogP contribution in [0.15, 0.2) is 0 Å². The van der Waals surface area contributed by atoms with Gasteiger partial charge in [-0.3, -0.25) is 4.79 Å². The minimum absolute atomic E-state index is 0.0943. The molecule has 0 radical (unpaired) electrons. The number of nitrogens with one attached hydrogen (secondary N) is 1. The van der Waals surface area contributed by atoms with Crippen LogP contribution in [0.2, 0.25) is 0 Å². The summed E-state index contributed by atoms with van der Waals surface area (Å²) in [6.07, 6.45) is 4.29. The molecule has 2 heterocycles. The first-order valence-electron chi connectivity index (χ1n) is 7.40. The number of hydrogen-bond donors (Lipinski definition) is 1. The normalized spacial score (nSPS) is 32.4. The summed E-state index contributed by atoms with van der Waals surface area (Å²) in [5, 5.41) is 3.40. The molecule has 0 aromatic carbocycles. The van der Waals surface area contributed by atoms with Crippen LogP contribution in [0.1, 0.15) is 39.5 Å². The van der Waals surface area contributed by atoms with Gasteiger partial charge in [0, 0.05) is 25.7 Å². The molecule has 0 spiro atoms. The first-order chi connectivity index (χ1) is 8.77. The van der Waals surface area contributed by atoms with E-state index in [1.807, 2.05) is 0 Å². The monoisotopic (exact) mass is 254 g/mol. The first kappa shape index (κ1) is 13.8. The Hall–Kier alpha value is -0.610. The molecule has 0 bridgehead atoms. The molecule has 0 aliphatic carbocycles. The molecule has 3 atom stereocenters. The van der Waals surface area contributed by atoms with Crippen molar-refractivity contribution in [3.63, 3.8) is 0 Å². The van der Waals surface area contributed by atoms with E-state index in [0.717, 1.165) is 45.5 Å². The van der Waals surface area contributed by atoms with Crippen LogP contribution in [0.5, 0.6) is 0 Å². The van der Waals surface area contributed by atoms with Crippen LogP contribution >= 0.6 is 0 Å². The second kappa shape index (κ2) is 6.53. The Morgan fingerprint density at radius 1 is 1.39 bits per heavy atom. The van der Waals surface area contributed by atoms with E-state index >= 15 is 0 Å². The third kappa shape index (κ3) is 2.86. The fraction of sp³-hybridized carbons (Fsp3) is 0.929. The Bertz CT molecular complexity index is 277. The van der Waals surface area contributed by atoms with Gasteiger partial charge in [0.1, 0.15) is 0 Å². The number of hydrogen-bond acceptors (Lipinski definition) is 3. The number of rotatable bonds is 4. The molecular formula is C14H26N2O2. The van der Waals surface area contributed by atoms with Crippen molar-refractivity contribution in [1.29, 1.82) is 0 Å². The molecule has 1 N–H and O–H groups in total. The van der Waals surface area contributed by atoms with E-state index in [4.69, 9.17) is 4.74 Å². The van der Waals surface area contributed by atoms with Gasteiger partial charge in [-0.2, -0.15) is 0 Å². The molecule has 3 unspecified atom stereocenters. The lowest BCUT2D eigenvalue weighted by molar-refractivity contribution is -0.139. The van der Waals surface area contributed by atoms with Crippen molar-refractivity contribution < 1.29 is 9.53 Å². The SMILES string of the molecule is CCC1OCCC1C(=O)N(CC)C1CCCNC1. The Labute approximate surface area is 110 Å². The van der Waals surface area contributed by atoms with Gasteiger partial charge in [0.2, 0.25) is 5.91 Å². The Morgan fingerprint density at radius 3 is 2.83 bits per heavy atom. The van der Waals surface area contributed by atoms with E-state index in [2.05, 4.69) is 24.1 Å². The van der Waals surface area contributed by atoms with E-state index in [1.54, 1.807) is 0 Å². The third-order valence-electron chi connectivity index (χ3n) is 4.26. The average Bonchev–Trinajstić information content (AvgIpc) is 2.89. The summed E-state index contributed by atoms with van der Waals surface area (Å²) in [6, 6.07) is 0.384. The van der Waals surface area contributed by atoms with Gasteiger partial charge in [-0.1, -0.05) is 6.92 Å². The van der Waals surface area contributed by atoms with Crippen molar-refractivity contribution in [2.24, 2.45) is 5.92 Å². The lowest BCUT2D eigenvalue weighted by Crippen LogP contribution is -2.51. The summed E-state index contributed by atoms with van der Waals surface area (Å²) in [6.45, 7) is 7.79. The van der Waals surface area contributed by atoms with E-state index in [0.29, 0.717) is 11.9 Å². The molecule has 2 saturated heterocycles. The second-order valence-corrected chi connectivity index (χ2v) is 5.34. The van der Waals surface area contributed by atoms with Crippen LogP contribution in [0.4, 0.5) is 0 Å². The van der Waals surface area contributed by atoms with Crippen LogP contribution in [-0.4, -0.2) is 49.2 Å². The molecule has 2 aliphatic rings. The molecule has 4 nitrogen and oxygen atoms in total. The lowest BCUT2D eigenvalue weighted by atomic mass is 9.96. The minimum Gasteiger partial charge on any atom is -0.377 e. The molecule has 0 aromatic rings. The number of piperidine rings is 1. The van der Waals surface area contributed by atoms with E-state index in [-0.39, 0.29) is 12.0 Å². The third-order valence-corrected chi connectivity index (χ3v) is 4.26. The zero-order valence-corrected chi connectivity index (χ0v) is 11.7. The van der Waals surface area contributed by atoms with Gasteiger partial charge in [0.25, 0.3) is 0 Å².